The van der Waals surface area contributed by atoms with E-state index in [0.29, 0.717) is 18.5 Å². The Morgan fingerprint density at radius 2 is 1.93 bits per heavy atom. The summed E-state index contributed by atoms with van der Waals surface area (Å²) in [6, 6.07) is 15.4. The highest BCUT2D eigenvalue weighted by Crippen LogP contribution is 2.28. The fraction of sp³-hybridized carbons (Fsp3) is 0.190. The second-order valence-corrected chi connectivity index (χ2v) is 7.74. The fourth-order valence-electron chi connectivity index (χ4n) is 3.39. The number of carbonyl (C=O) groups excluding carboxylic acids is 3. The second kappa shape index (κ2) is 7.52. The smallest absolute Gasteiger partial charge is 0.337 e. The number of carbonyl (C=O) groups is 3. The molecule has 1 atom stereocenters. The molecule has 0 bridgehead atoms. The maximum absolute atomic E-state index is 11.9. The van der Waals surface area contributed by atoms with E-state index in [-0.39, 0.29) is 22.4 Å². The third kappa shape index (κ3) is 3.53. The Hall–Kier alpha value is -3.06. The number of hydrogen-bond donors (Lipinski definition) is 1. The Bertz CT molecular complexity index is 1070. The summed E-state index contributed by atoms with van der Waals surface area (Å²) in [5.41, 5.74) is 3.68. The molecule has 1 aromatic heterocycles. The van der Waals surface area contributed by atoms with Gasteiger partial charge in [-0.3, -0.25) is 14.9 Å². The van der Waals surface area contributed by atoms with Gasteiger partial charge in [0.15, 0.2) is 0 Å². The quantitative estimate of drug-likeness (QED) is 0.672. The molecule has 1 N–H and O–H groups in total. The molecule has 1 saturated heterocycles. The monoisotopic (exact) mass is 394 g/mol. The van der Waals surface area contributed by atoms with Crippen molar-refractivity contribution in [2.24, 2.45) is 0 Å². The van der Waals surface area contributed by atoms with E-state index < -0.39 is 0 Å². The molecule has 1 fully saturated rings. The highest BCUT2D eigenvalue weighted by molar-refractivity contribution is 8.15. The van der Waals surface area contributed by atoms with Crippen LogP contribution in [0.1, 0.15) is 21.5 Å². The number of thioether (sulfide) groups is 1. The van der Waals surface area contributed by atoms with E-state index in [1.807, 2.05) is 42.6 Å². The lowest BCUT2D eigenvalue weighted by Gasteiger charge is -2.09. The van der Waals surface area contributed by atoms with Crippen LogP contribution in [0.25, 0.3) is 10.9 Å². The molecule has 0 spiro atoms. The highest BCUT2D eigenvalue weighted by Gasteiger charge is 2.31. The molecule has 142 valence electrons. The summed E-state index contributed by atoms with van der Waals surface area (Å²) in [5, 5.41) is 2.74. The van der Waals surface area contributed by atoms with Gasteiger partial charge in [-0.05, 0) is 41.8 Å². The number of imide groups is 1. The summed E-state index contributed by atoms with van der Waals surface area (Å²) in [7, 11) is 1.36. The van der Waals surface area contributed by atoms with Gasteiger partial charge in [0.25, 0.3) is 5.24 Å². The molecule has 6 nitrogen and oxygen atoms in total. The molecule has 2 amide bonds. The van der Waals surface area contributed by atoms with Crippen molar-refractivity contribution in [3.8, 4) is 0 Å². The van der Waals surface area contributed by atoms with Gasteiger partial charge >= 0.3 is 5.97 Å². The Balaban J connectivity index is 1.57. The summed E-state index contributed by atoms with van der Waals surface area (Å²) in [5.74, 6) is -0.577. The number of nitrogens with zero attached hydrogens (tertiary/aromatic N) is 1. The number of esters is 1. The molecule has 4 rings (SSSR count). The minimum absolute atomic E-state index is 0.225. The third-order valence-corrected chi connectivity index (χ3v) is 5.79. The van der Waals surface area contributed by atoms with Gasteiger partial charge in [-0.1, -0.05) is 36.0 Å². The van der Waals surface area contributed by atoms with Gasteiger partial charge < -0.3 is 9.30 Å². The minimum atomic E-state index is -0.382. The van der Waals surface area contributed by atoms with Crippen LogP contribution in [0.3, 0.4) is 0 Å². The number of methoxy groups -OCH3 is 1. The van der Waals surface area contributed by atoms with Crippen LogP contribution in [0, 0.1) is 0 Å². The Morgan fingerprint density at radius 1 is 1.14 bits per heavy atom. The molecule has 1 unspecified atom stereocenters. The van der Waals surface area contributed by atoms with Gasteiger partial charge in [0.05, 0.1) is 17.9 Å². The summed E-state index contributed by atoms with van der Waals surface area (Å²) < 4.78 is 6.85. The van der Waals surface area contributed by atoms with Gasteiger partial charge in [0.2, 0.25) is 5.91 Å². The number of fused-ring (bicyclic) bond motifs is 1. The zero-order chi connectivity index (χ0) is 19.7. The first-order chi connectivity index (χ1) is 13.5. The lowest BCUT2D eigenvalue weighted by Crippen LogP contribution is -2.25. The van der Waals surface area contributed by atoms with Gasteiger partial charge in [-0.2, -0.15) is 0 Å². The van der Waals surface area contributed by atoms with Crippen molar-refractivity contribution in [2.75, 3.05) is 7.11 Å². The Kier molecular flexibility index (Phi) is 4.92. The summed E-state index contributed by atoms with van der Waals surface area (Å²) in [4.78, 5) is 34.8. The summed E-state index contributed by atoms with van der Waals surface area (Å²) >= 11 is 1.05. The predicted molar refractivity (Wildman–Crippen MR) is 107 cm³/mol. The fourth-order valence-corrected chi connectivity index (χ4v) is 4.24. The van der Waals surface area contributed by atoms with E-state index in [1.54, 1.807) is 12.1 Å². The number of hydrogen-bond acceptors (Lipinski definition) is 5. The van der Waals surface area contributed by atoms with Crippen molar-refractivity contribution in [1.29, 1.82) is 0 Å². The van der Waals surface area contributed by atoms with Crippen LogP contribution < -0.4 is 5.32 Å². The second-order valence-electron chi connectivity index (χ2n) is 6.57. The van der Waals surface area contributed by atoms with Crippen molar-refractivity contribution in [2.45, 2.75) is 18.2 Å². The molecule has 2 aromatic carbocycles. The third-order valence-electron chi connectivity index (χ3n) is 4.80. The van der Waals surface area contributed by atoms with Crippen molar-refractivity contribution in [3.63, 3.8) is 0 Å². The predicted octanol–water partition coefficient (Wildman–Crippen LogP) is 3.37. The highest BCUT2D eigenvalue weighted by atomic mass is 32.2. The minimum Gasteiger partial charge on any atom is -0.465 e. The first-order valence-electron chi connectivity index (χ1n) is 8.80. The van der Waals surface area contributed by atoms with Crippen LogP contribution in [0.2, 0.25) is 0 Å². The standard InChI is InChI=1S/C21H18N2O4S/c1-27-20(25)14-7-5-13(6-8-14)12-23-10-9-16-15(3-2-4-17(16)23)11-18-19(24)22-21(26)28-18/h2-10,18H,11-12H2,1H3,(H,22,24,26). The molecule has 2 heterocycles. The van der Waals surface area contributed by atoms with E-state index in [4.69, 9.17) is 4.74 Å². The molecule has 1 aliphatic rings. The number of ether oxygens (including phenoxy) is 1. The van der Waals surface area contributed by atoms with E-state index in [9.17, 15) is 14.4 Å². The average molecular weight is 394 g/mol. The van der Waals surface area contributed by atoms with Crippen molar-refractivity contribution < 1.29 is 19.1 Å². The molecule has 0 aliphatic carbocycles. The van der Waals surface area contributed by atoms with Crippen molar-refractivity contribution in [1.82, 2.24) is 9.88 Å². The number of rotatable bonds is 5. The molecule has 0 saturated carbocycles. The number of aromatic nitrogens is 1. The largest absolute Gasteiger partial charge is 0.465 e. The number of amides is 2. The topological polar surface area (TPSA) is 77.4 Å². The molecule has 1 aliphatic heterocycles. The van der Waals surface area contributed by atoms with Crippen LogP contribution in [0.5, 0.6) is 0 Å². The zero-order valence-corrected chi connectivity index (χ0v) is 16.0. The SMILES string of the molecule is COC(=O)c1ccc(Cn2ccc3c(CC4SC(=O)NC4=O)cccc32)cc1. The molecular weight excluding hydrogens is 376 g/mol. The van der Waals surface area contributed by atoms with Gasteiger partial charge in [0.1, 0.15) is 0 Å². The van der Waals surface area contributed by atoms with Gasteiger partial charge in [-0.15, -0.1) is 0 Å². The number of benzene rings is 2. The van der Waals surface area contributed by atoms with Gasteiger partial charge in [-0.25, -0.2) is 4.79 Å². The van der Waals surface area contributed by atoms with E-state index >= 15 is 0 Å². The van der Waals surface area contributed by atoms with E-state index in [0.717, 1.165) is 33.8 Å². The van der Waals surface area contributed by atoms with Crippen LogP contribution in [-0.2, 0) is 22.5 Å². The van der Waals surface area contributed by atoms with Gasteiger partial charge in [0, 0.05) is 23.6 Å². The number of nitrogens with one attached hydrogen (secondary N) is 1. The lowest BCUT2D eigenvalue weighted by molar-refractivity contribution is -0.118. The zero-order valence-electron chi connectivity index (χ0n) is 15.2. The average Bonchev–Trinajstić information content (AvgIpc) is 3.25. The normalized spacial score (nSPS) is 16.4. The maximum Gasteiger partial charge on any atom is 0.337 e. The van der Waals surface area contributed by atoms with Crippen LogP contribution in [-0.4, -0.2) is 34.0 Å². The molecule has 7 heteroatoms. The summed E-state index contributed by atoms with van der Waals surface area (Å²) in [6.45, 7) is 0.658. The Morgan fingerprint density at radius 3 is 2.61 bits per heavy atom. The van der Waals surface area contributed by atoms with Crippen molar-refractivity contribution >= 4 is 39.8 Å². The first kappa shape index (κ1) is 18.3. The maximum atomic E-state index is 11.9. The molecule has 3 aromatic rings. The molecular formula is C21H18N2O4S. The van der Waals surface area contributed by atoms with Crippen LogP contribution in [0.15, 0.2) is 54.7 Å². The lowest BCUT2D eigenvalue weighted by atomic mass is 10.0. The van der Waals surface area contributed by atoms with Crippen LogP contribution in [0.4, 0.5) is 4.79 Å². The van der Waals surface area contributed by atoms with E-state index in [2.05, 4.69) is 9.88 Å². The van der Waals surface area contributed by atoms with Crippen molar-refractivity contribution in [3.05, 3.63) is 71.4 Å². The van der Waals surface area contributed by atoms with E-state index in [1.165, 1.54) is 7.11 Å². The molecule has 0 radical (unpaired) electrons. The molecule has 28 heavy (non-hydrogen) atoms. The summed E-state index contributed by atoms with van der Waals surface area (Å²) in [6.07, 6.45) is 2.52. The van der Waals surface area contributed by atoms with Crippen LogP contribution >= 0.6 is 11.8 Å². The first-order valence-corrected chi connectivity index (χ1v) is 9.68. The Labute approximate surface area is 165 Å².